The van der Waals surface area contributed by atoms with Gasteiger partial charge in [0.1, 0.15) is 0 Å². The summed E-state index contributed by atoms with van der Waals surface area (Å²) in [6.07, 6.45) is -7.25. The fourth-order valence-corrected chi connectivity index (χ4v) is 15.0. The number of nitrogens with two attached hydrogens (primary N) is 1. The number of anilines is 2. The van der Waals surface area contributed by atoms with Crippen LogP contribution in [0.3, 0.4) is 0 Å². The average molecular weight is 1550 g/mol. The predicted octanol–water partition coefficient (Wildman–Crippen LogP) is -1.51. The van der Waals surface area contributed by atoms with E-state index >= 15 is 0 Å². The molecule has 0 aliphatic carbocycles. The lowest BCUT2D eigenvalue weighted by Crippen LogP contribution is -2.46. The van der Waals surface area contributed by atoms with Crippen LogP contribution in [0, 0.1) is 21.4 Å². The fraction of sp³-hybridized carbons (Fsp3) is 0.486. The second-order valence-electron chi connectivity index (χ2n) is 13.3. The van der Waals surface area contributed by atoms with Crippen LogP contribution in [-0.2, 0) is 9.59 Å². The molecule has 13 N–H and O–H groups in total. The number of amides is 6. The van der Waals surface area contributed by atoms with Crippen molar-refractivity contribution < 1.29 is 74.7 Å². The Balaban J connectivity index is 2.86. The first-order chi connectivity index (χ1) is 28.9. The van der Waals surface area contributed by atoms with Crippen molar-refractivity contribution in [1.29, 1.82) is 0 Å². The molecule has 0 aliphatic rings. The third-order valence-electron chi connectivity index (χ3n) is 8.58. The van der Waals surface area contributed by atoms with Crippen LogP contribution in [0.5, 0.6) is 0 Å². The Hall–Kier alpha value is -0.720. The zero-order valence-electron chi connectivity index (χ0n) is 32.6. The van der Waals surface area contributed by atoms with Gasteiger partial charge >= 0.3 is 0 Å². The maximum Gasteiger partial charge on any atom is 0.256 e. The summed E-state index contributed by atoms with van der Waals surface area (Å²) in [5.74, 6) is -4.92. The van der Waals surface area contributed by atoms with Gasteiger partial charge in [0.05, 0.1) is 118 Å². The molecule has 0 aromatic heterocycles. The number of rotatable bonds is 22. The van der Waals surface area contributed by atoms with Crippen molar-refractivity contribution in [3.63, 3.8) is 0 Å². The summed E-state index contributed by atoms with van der Waals surface area (Å²) in [6.45, 7) is -3.60. The quantitative estimate of drug-likeness (QED) is 0.0597. The maximum absolute atomic E-state index is 14.2. The highest BCUT2D eigenvalue weighted by Crippen LogP contribution is 2.40. The van der Waals surface area contributed by atoms with Crippen molar-refractivity contribution in [2.24, 2.45) is 5.73 Å². The van der Waals surface area contributed by atoms with Crippen molar-refractivity contribution in [3.8, 4) is 0 Å². The van der Waals surface area contributed by atoms with E-state index in [2.05, 4.69) is 10.6 Å². The Labute approximate surface area is 436 Å². The minimum Gasteiger partial charge on any atom is -0.394 e. The molecule has 0 spiro atoms. The average Bonchev–Trinajstić information content (AvgIpc) is 3.19. The molecule has 0 saturated heterocycles. The Morgan fingerprint density at radius 1 is 0.500 bits per heavy atom. The minimum atomic E-state index is -1.64. The van der Waals surface area contributed by atoms with Gasteiger partial charge in [-0.1, -0.05) is 0 Å². The zero-order chi connectivity index (χ0) is 47.5. The Kier molecular flexibility index (Phi) is 24.6. The van der Waals surface area contributed by atoms with Gasteiger partial charge in [0.2, 0.25) is 11.8 Å². The number of halogens is 6. The van der Waals surface area contributed by atoms with Gasteiger partial charge in [-0.15, -0.1) is 0 Å². The molecule has 21 nitrogen and oxygen atoms in total. The highest BCUT2D eigenvalue weighted by Gasteiger charge is 2.36. The Bertz CT molecular complexity index is 1930. The van der Waals surface area contributed by atoms with Crippen molar-refractivity contribution in [3.05, 3.63) is 43.7 Å². The molecule has 0 saturated carbocycles. The largest absolute Gasteiger partial charge is 0.394 e. The molecule has 62 heavy (non-hydrogen) atoms. The third kappa shape index (κ3) is 14.6. The van der Waals surface area contributed by atoms with Crippen molar-refractivity contribution >= 4 is 182 Å². The number of hydrogen-bond acceptors (Lipinski definition) is 15. The highest BCUT2D eigenvalue weighted by atomic mass is 127. The van der Waals surface area contributed by atoms with E-state index in [1.807, 2.05) is 0 Å². The lowest BCUT2D eigenvalue weighted by molar-refractivity contribution is -0.117. The number of aliphatic hydroxyl groups excluding tert-OH is 9. The number of hydrogen-bond donors (Lipinski definition) is 12. The molecular weight excluding hydrogens is 1510 g/mol. The lowest BCUT2D eigenvalue weighted by Gasteiger charge is -2.33. The van der Waals surface area contributed by atoms with Gasteiger partial charge in [0.25, 0.3) is 23.6 Å². The number of benzene rings is 2. The SMILES string of the molecule is CC(=O)N(CC(O)CN(C(C)=O)c1c(I)c(C(N)=O)c(I)c(C(=O)N(CC(O)CO)CC(O)CO)c1I)c1c(I)c(C(=O)NCC(O)CO)c(I)c(C(=O)NCC(O)CO)c1I. The molecule has 5 atom stereocenters. The van der Waals surface area contributed by atoms with E-state index in [-0.39, 0.29) is 55.0 Å². The smallest absolute Gasteiger partial charge is 0.256 e. The summed E-state index contributed by atoms with van der Waals surface area (Å²) in [5, 5.41) is 94.6. The van der Waals surface area contributed by atoms with Crippen molar-refractivity contribution in [2.75, 3.05) is 75.5 Å². The topological polar surface area (TPSA) is 344 Å². The molecule has 5 unspecified atom stereocenters. The number of nitrogens with zero attached hydrogens (tertiary/aromatic N) is 3. The summed E-state index contributed by atoms with van der Waals surface area (Å²) < 4.78 is 0.504. The molecule has 0 bridgehead atoms. The van der Waals surface area contributed by atoms with Gasteiger partial charge in [-0.2, -0.15) is 0 Å². The van der Waals surface area contributed by atoms with Gasteiger partial charge in [-0.25, -0.2) is 0 Å². The van der Waals surface area contributed by atoms with E-state index < -0.39 is 132 Å². The van der Waals surface area contributed by atoms with E-state index in [0.29, 0.717) is 0 Å². The van der Waals surface area contributed by atoms with Gasteiger partial charge in [-0.3, -0.25) is 28.8 Å². The lowest BCUT2D eigenvalue weighted by atomic mass is 10.0. The van der Waals surface area contributed by atoms with Gasteiger partial charge in [-0.05, 0) is 136 Å². The van der Waals surface area contributed by atoms with Crippen LogP contribution in [-0.4, -0.2) is 183 Å². The van der Waals surface area contributed by atoms with Gasteiger partial charge in [0, 0.05) is 47.2 Å². The van der Waals surface area contributed by atoms with Gasteiger partial charge in [0.15, 0.2) is 0 Å². The molecule has 2 rings (SSSR count). The van der Waals surface area contributed by atoms with Crippen LogP contribution in [0.2, 0.25) is 0 Å². The molecular formula is C35H44I6N6O15. The normalized spacial score (nSPS) is 13.7. The van der Waals surface area contributed by atoms with E-state index in [0.717, 1.165) is 28.5 Å². The number of nitrogens with one attached hydrogen (secondary N) is 2. The van der Waals surface area contributed by atoms with Crippen molar-refractivity contribution in [1.82, 2.24) is 15.5 Å². The number of carbonyl (C=O) groups excluding carboxylic acids is 6. The second kappa shape index (κ2) is 26.6. The highest BCUT2D eigenvalue weighted by molar-refractivity contribution is 14.1. The molecule has 0 heterocycles. The minimum absolute atomic E-state index is 0.0224. The van der Waals surface area contributed by atoms with Crippen LogP contribution >= 0.6 is 136 Å². The predicted molar refractivity (Wildman–Crippen MR) is 273 cm³/mol. The van der Waals surface area contributed by atoms with E-state index in [1.165, 1.54) is 0 Å². The maximum atomic E-state index is 14.2. The number of aliphatic hydroxyl groups is 9. The molecule has 346 valence electrons. The van der Waals surface area contributed by atoms with E-state index in [9.17, 15) is 74.7 Å². The number of carbonyl (C=O) groups is 6. The third-order valence-corrected chi connectivity index (χ3v) is 14.9. The van der Waals surface area contributed by atoms with Gasteiger partial charge < -0.3 is 77.0 Å². The summed E-state index contributed by atoms with van der Waals surface area (Å²) in [4.78, 5) is 84.5. The standard InChI is InChI=1S/C35H44I6N6O15/c1-13(52)46(30-26(38)20(32(42)59)24(36)23(29(30)41)35(62)45(5-18(57)11-50)6-19(58)12-51)7-17(56)8-47(14(2)53)31-27(39)21(33(60)43-3-15(54)9-48)25(37)22(28(31)40)34(61)44-4-16(55)10-49/h15-19,48-51,54-58H,3-12H2,1-2H3,(H2,42,59)(H,43,60)(H,44,61). The Morgan fingerprint density at radius 2 is 0.823 bits per heavy atom. The molecule has 0 fully saturated rings. The fourth-order valence-electron chi connectivity index (χ4n) is 5.56. The van der Waals surface area contributed by atoms with E-state index in [1.54, 1.807) is 136 Å². The molecule has 0 aliphatic heterocycles. The van der Waals surface area contributed by atoms with Crippen LogP contribution in [0.1, 0.15) is 55.3 Å². The first-order valence-corrected chi connectivity index (χ1v) is 24.3. The van der Waals surface area contributed by atoms with E-state index in [4.69, 9.17) is 5.73 Å². The molecule has 6 amide bonds. The van der Waals surface area contributed by atoms with Crippen LogP contribution < -0.4 is 26.2 Å². The number of primary amides is 1. The summed E-state index contributed by atoms with van der Waals surface area (Å²) in [6, 6.07) is 0. The molecule has 0 radical (unpaired) electrons. The summed E-state index contributed by atoms with van der Waals surface area (Å²) in [7, 11) is 0. The second-order valence-corrected chi connectivity index (χ2v) is 19.8. The van der Waals surface area contributed by atoms with Crippen LogP contribution in [0.4, 0.5) is 11.4 Å². The molecule has 27 heteroatoms. The first-order valence-electron chi connectivity index (χ1n) is 17.9. The van der Waals surface area contributed by atoms with Crippen molar-refractivity contribution in [2.45, 2.75) is 44.4 Å². The van der Waals surface area contributed by atoms with Crippen LogP contribution in [0.25, 0.3) is 0 Å². The molecule has 2 aromatic carbocycles. The molecule has 2 aromatic rings. The van der Waals surface area contributed by atoms with Crippen LogP contribution in [0.15, 0.2) is 0 Å². The first kappa shape index (κ1) is 57.4. The summed E-state index contributed by atoms with van der Waals surface area (Å²) >= 11 is 10.5. The zero-order valence-corrected chi connectivity index (χ0v) is 45.6. The monoisotopic (exact) mass is 1550 g/mol. The summed E-state index contributed by atoms with van der Waals surface area (Å²) in [5.41, 5.74) is 5.06. The Morgan fingerprint density at radius 3 is 1.15 bits per heavy atom.